The van der Waals surface area contributed by atoms with Crippen LogP contribution >= 0.6 is 15.9 Å². The highest BCUT2D eigenvalue weighted by atomic mass is 79.9. The molecule has 0 aliphatic heterocycles. The quantitative estimate of drug-likeness (QED) is 0.858. The van der Waals surface area contributed by atoms with Crippen LogP contribution in [-0.4, -0.2) is 21.4 Å². The number of aryl methyl sites for hydroxylation is 1. The van der Waals surface area contributed by atoms with Crippen LogP contribution in [0.15, 0.2) is 35.2 Å². The van der Waals surface area contributed by atoms with Crippen LogP contribution in [-0.2, 0) is 6.54 Å². The molecule has 2 aromatic heterocycles. The minimum atomic E-state index is 0.544. The average Bonchev–Trinajstić information content (AvgIpc) is 2.71. The Hall–Kier alpha value is -1.56. The Labute approximate surface area is 108 Å². The molecule has 2 rings (SSSR count). The fourth-order valence-corrected chi connectivity index (χ4v) is 1.73. The summed E-state index contributed by atoms with van der Waals surface area (Å²) in [6, 6.07) is 3.66. The topological polar surface area (TPSA) is 66.0 Å². The molecule has 17 heavy (non-hydrogen) atoms. The van der Waals surface area contributed by atoms with E-state index in [2.05, 4.69) is 26.0 Å². The summed E-state index contributed by atoms with van der Waals surface area (Å²) >= 11 is 3.34. The first-order chi connectivity index (χ1) is 8.24. The van der Waals surface area contributed by atoms with Crippen molar-refractivity contribution in [2.45, 2.75) is 13.0 Å². The summed E-state index contributed by atoms with van der Waals surface area (Å²) < 4.78 is 8.27. The Balaban J connectivity index is 1.73. The smallest absolute Gasteiger partial charge is 0.145 e. The number of hydrogen-bond acceptors (Lipinski definition) is 4. The number of anilines is 1. The molecule has 90 valence electrons. The Bertz CT molecular complexity index is 486. The van der Waals surface area contributed by atoms with Crippen molar-refractivity contribution < 1.29 is 4.74 Å². The zero-order valence-corrected chi connectivity index (χ0v) is 10.8. The number of pyridine rings is 1. The van der Waals surface area contributed by atoms with E-state index in [1.54, 1.807) is 23.1 Å². The van der Waals surface area contributed by atoms with Gasteiger partial charge in [0.1, 0.15) is 11.6 Å². The van der Waals surface area contributed by atoms with Crippen LogP contribution in [0.5, 0.6) is 5.75 Å². The second kappa shape index (κ2) is 5.67. The Morgan fingerprint density at radius 1 is 1.41 bits per heavy atom. The van der Waals surface area contributed by atoms with Crippen molar-refractivity contribution >= 4 is 21.7 Å². The second-order valence-corrected chi connectivity index (χ2v) is 4.46. The van der Waals surface area contributed by atoms with Crippen molar-refractivity contribution in [2.24, 2.45) is 0 Å². The standard InChI is InChI=1S/C11H13BrN4O/c12-9-6-10(8-14-7-9)17-5-1-3-16-4-2-11(13)15-16/h2,4,6-8H,1,3,5H2,(H2,13,15). The molecule has 0 aromatic carbocycles. The molecule has 0 amide bonds. The van der Waals surface area contributed by atoms with E-state index in [0.29, 0.717) is 12.4 Å². The van der Waals surface area contributed by atoms with Gasteiger partial charge in [-0.25, -0.2) is 0 Å². The maximum absolute atomic E-state index is 5.55. The Morgan fingerprint density at radius 2 is 2.29 bits per heavy atom. The molecule has 0 bridgehead atoms. The summed E-state index contributed by atoms with van der Waals surface area (Å²) in [5.74, 6) is 1.31. The monoisotopic (exact) mass is 296 g/mol. The maximum Gasteiger partial charge on any atom is 0.145 e. The molecule has 0 saturated heterocycles. The van der Waals surface area contributed by atoms with Crippen molar-refractivity contribution in [3.8, 4) is 5.75 Å². The zero-order chi connectivity index (χ0) is 12.1. The summed E-state index contributed by atoms with van der Waals surface area (Å²) in [6.07, 6.45) is 6.14. The fraction of sp³-hybridized carbons (Fsp3) is 0.273. The fourth-order valence-electron chi connectivity index (χ4n) is 1.39. The van der Waals surface area contributed by atoms with Crippen LogP contribution in [0.25, 0.3) is 0 Å². The molecular weight excluding hydrogens is 284 g/mol. The molecule has 0 saturated carbocycles. The van der Waals surface area contributed by atoms with Gasteiger partial charge in [0, 0.05) is 29.8 Å². The van der Waals surface area contributed by atoms with Crippen LogP contribution in [0, 0.1) is 0 Å². The van der Waals surface area contributed by atoms with E-state index in [0.717, 1.165) is 23.2 Å². The number of ether oxygens (including phenoxy) is 1. The SMILES string of the molecule is Nc1ccn(CCCOc2cncc(Br)c2)n1. The molecule has 0 atom stereocenters. The summed E-state index contributed by atoms with van der Waals surface area (Å²) in [5, 5.41) is 4.09. The van der Waals surface area contributed by atoms with Gasteiger partial charge >= 0.3 is 0 Å². The van der Waals surface area contributed by atoms with Gasteiger partial charge in [0.25, 0.3) is 0 Å². The lowest BCUT2D eigenvalue weighted by Crippen LogP contribution is -2.05. The van der Waals surface area contributed by atoms with Crippen LogP contribution in [0.4, 0.5) is 5.82 Å². The third-order valence-electron chi connectivity index (χ3n) is 2.14. The lowest BCUT2D eigenvalue weighted by Gasteiger charge is -2.05. The summed E-state index contributed by atoms with van der Waals surface area (Å²) in [4.78, 5) is 4.02. The van der Waals surface area contributed by atoms with E-state index >= 15 is 0 Å². The molecule has 5 nitrogen and oxygen atoms in total. The maximum atomic E-state index is 5.55. The molecular formula is C11H13BrN4O. The van der Waals surface area contributed by atoms with Crippen LogP contribution in [0.1, 0.15) is 6.42 Å². The van der Waals surface area contributed by atoms with Crippen LogP contribution < -0.4 is 10.5 Å². The van der Waals surface area contributed by atoms with Crippen molar-refractivity contribution in [1.29, 1.82) is 0 Å². The van der Waals surface area contributed by atoms with Gasteiger partial charge in [0.15, 0.2) is 0 Å². The average molecular weight is 297 g/mol. The van der Waals surface area contributed by atoms with Gasteiger partial charge < -0.3 is 10.5 Å². The summed E-state index contributed by atoms with van der Waals surface area (Å²) in [5.41, 5.74) is 5.51. The van der Waals surface area contributed by atoms with E-state index in [9.17, 15) is 0 Å². The van der Waals surface area contributed by atoms with E-state index < -0.39 is 0 Å². The highest BCUT2D eigenvalue weighted by Crippen LogP contribution is 2.15. The molecule has 2 N–H and O–H groups in total. The van der Waals surface area contributed by atoms with E-state index in [4.69, 9.17) is 10.5 Å². The van der Waals surface area contributed by atoms with Crippen molar-refractivity contribution in [3.63, 3.8) is 0 Å². The number of rotatable bonds is 5. The van der Waals surface area contributed by atoms with Gasteiger partial charge in [-0.1, -0.05) is 0 Å². The minimum absolute atomic E-state index is 0.544. The highest BCUT2D eigenvalue weighted by Gasteiger charge is 1.97. The van der Waals surface area contributed by atoms with Gasteiger partial charge in [-0.3, -0.25) is 9.67 Å². The number of nitrogens with zero attached hydrogens (tertiary/aromatic N) is 3. The lowest BCUT2D eigenvalue weighted by molar-refractivity contribution is 0.297. The molecule has 0 aliphatic rings. The number of aromatic nitrogens is 3. The van der Waals surface area contributed by atoms with E-state index in [1.165, 1.54) is 0 Å². The minimum Gasteiger partial charge on any atom is -0.492 e. The molecule has 2 aromatic rings. The Morgan fingerprint density at radius 3 is 3.00 bits per heavy atom. The van der Waals surface area contributed by atoms with Gasteiger partial charge in [-0.15, -0.1) is 0 Å². The van der Waals surface area contributed by atoms with E-state index in [1.807, 2.05) is 12.3 Å². The largest absolute Gasteiger partial charge is 0.492 e. The molecule has 0 radical (unpaired) electrons. The van der Waals surface area contributed by atoms with Crippen molar-refractivity contribution in [2.75, 3.05) is 12.3 Å². The zero-order valence-electron chi connectivity index (χ0n) is 9.21. The van der Waals surface area contributed by atoms with Gasteiger partial charge in [0.05, 0.1) is 12.8 Å². The number of halogens is 1. The highest BCUT2D eigenvalue weighted by molar-refractivity contribution is 9.10. The molecule has 0 spiro atoms. The first-order valence-electron chi connectivity index (χ1n) is 5.26. The van der Waals surface area contributed by atoms with Crippen LogP contribution in [0.3, 0.4) is 0 Å². The predicted octanol–water partition coefficient (Wildman–Crippen LogP) is 2.09. The van der Waals surface area contributed by atoms with Crippen molar-refractivity contribution in [3.05, 3.63) is 35.2 Å². The number of hydrogen-bond donors (Lipinski definition) is 1. The normalized spacial score (nSPS) is 10.4. The molecule has 0 aliphatic carbocycles. The van der Waals surface area contributed by atoms with Crippen molar-refractivity contribution in [1.82, 2.24) is 14.8 Å². The third-order valence-corrected chi connectivity index (χ3v) is 2.58. The summed E-state index contributed by atoms with van der Waals surface area (Å²) in [7, 11) is 0. The molecule has 0 unspecified atom stereocenters. The Kier molecular flexibility index (Phi) is 3.98. The molecule has 2 heterocycles. The first-order valence-corrected chi connectivity index (χ1v) is 6.05. The van der Waals surface area contributed by atoms with E-state index in [-0.39, 0.29) is 0 Å². The van der Waals surface area contributed by atoms with Crippen LogP contribution in [0.2, 0.25) is 0 Å². The lowest BCUT2D eigenvalue weighted by atomic mass is 10.4. The third kappa shape index (κ3) is 3.74. The first kappa shape index (κ1) is 11.9. The predicted molar refractivity (Wildman–Crippen MR) is 68.7 cm³/mol. The van der Waals surface area contributed by atoms with Gasteiger partial charge in [-0.2, -0.15) is 5.10 Å². The molecule has 0 fully saturated rings. The number of nitrogens with two attached hydrogens (primary N) is 1. The van der Waals surface area contributed by atoms with Gasteiger partial charge in [0.2, 0.25) is 0 Å². The molecule has 6 heteroatoms. The summed E-state index contributed by atoms with van der Waals surface area (Å²) in [6.45, 7) is 1.41. The second-order valence-electron chi connectivity index (χ2n) is 3.54. The number of nitrogen functional groups attached to an aromatic ring is 1. The van der Waals surface area contributed by atoms with Gasteiger partial charge in [-0.05, 0) is 28.1 Å².